The van der Waals surface area contributed by atoms with E-state index in [9.17, 15) is 10.2 Å². The number of nitrogens with one attached hydrogen (secondary N) is 1. The van der Waals surface area contributed by atoms with Crippen LogP contribution in [-0.4, -0.2) is 55.9 Å². The van der Waals surface area contributed by atoms with Crippen LogP contribution in [0, 0.1) is 5.92 Å². The highest BCUT2D eigenvalue weighted by atomic mass is 16.5. The first-order valence-electron chi connectivity index (χ1n) is 9.59. The summed E-state index contributed by atoms with van der Waals surface area (Å²) in [6.07, 6.45) is 1.84. The number of hydrogen-bond acceptors (Lipinski definition) is 7. The van der Waals surface area contributed by atoms with Gasteiger partial charge < -0.3 is 19.8 Å². The maximum Gasteiger partial charge on any atom is 0.154 e. The maximum absolute atomic E-state index is 9.37. The zero-order valence-corrected chi connectivity index (χ0v) is 16.0. The molecule has 0 aliphatic carbocycles. The Hall–Kier alpha value is -2.71. The number of piperidine rings is 1. The average Bonchev–Trinajstić information content (AvgIpc) is 3.11. The number of hydrogen-bond donors (Lipinski definition) is 3. The van der Waals surface area contributed by atoms with Crippen molar-refractivity contribution in [1.29, 1.82) is 0 Å². The molecule has 8 heteroatoms. The van der Waals surface area contributed by atoms with Crippen LogP contribution >= 0.6 is 0 Å². The number of nitrogens with zero attached hydrogens (tertiary/aromatic N) is 4. The molecule has 1 aliphatic rings. The van der Waals surface area contributed by atoms with Gasteiger partial charge in [0.1, 0.15) is 23.6 Å². The van der Waals surface area contributed by atoms with E-state index in [1.807, 2.05) is 38.1 Å². The monoisotopic (exact) mass is 383 g/mol. The Balaban J connectivity index is 1.61. The highest BCUT2D eigenvalue weighted by molar-refractivity contribution is 5.93. The molecule has 8 nitrogen and oxygen atoms in total. The van der Waals surface area contributed by atoms with Crippen molar-refractivity contribution in [3.63, 3.8) is 0 Å². The number of H-pyrrole nitrogens is 1. The molecule has 4 rings (SSSR count). The zero-order valence-electron chi connectivity index (χ0n) is 16.0. The first-order valence-corrected chi connectivity index (χ1v) is 9.59. The molecule has 2 aromatic heterocycles. The average molecular weight is 383 g/mol. The summed E-state index contributed by atoms with van der Waals surface area (Å²) in [6.45, 7) is 5.45. The van der Waals surface area contributed by atoms with E-state index in [-0.39, 0.29) is 12.0 Å². The maximum atomic E-state index is 9.37. The Morgan fingerprint density at radius 2 is 1.93 bits per heavy atom. The molecule has 0 amide bonds. The second kappa shape index (κ2) is 7.73. The van der Waals surface area contributed by atoms with E-state index < -0.39 is 6.29 Å². The van der Waals surface area contributed by atoms with E-state index in [4.69, 9.17) is 4.74 Å². The third-order valence-corrected chi connectivity index (χ3v) is 5.09. The quantitative estimate of drug-likeness (QED) is 0.580. The molecule has 1 aromatic carbocycles. The van der Waals surface area contributed by atoms with E-state index in [1.54, 1.807) is 6.33 Å². The Kier molecular flexibility index (Phi) is 5.15. The largest absolute Gasteiger partial charge is 0.491 e. The summed E-state index contributed by atoms with van der Waals surface area (Å²) < 4.78 is 5.81. The predicted molar refractivity (Wildman–Crippen MR) is 106 cm³/mol. The molecule has 3 heterocycles. The second-order valence-corrected chi connectivity index (χ2v) is 7.45. The molecule has 0 unspecified atom stereocenters. The van der Waals surface area contributed by atoms with Crippen LogP contribution in [0.1, 0.15) is 26.7 Å². The van der Waals surface area contributed by atoms with Crippen LogP contribution in [0.2, 0.25) is 0 Å². The molecular weight excluding hydrogens is 358 g/mol. The third kappa shape index (κ3) is 3.79. The molecule has 1 aliphatic heterocycles. The highest BCUT2D eigenvalue weighted by Crippen LogP contribution is 2.30. The number of benzene rings is 1. The minimum Gasteiger partial charge on any atom is -0.491 e. The number of ether oxygens (including phenoxy) is 1. The molecule has 0 bridgehead atoms. The van der Waals surface area contributed by atoms with Crippen molar-refractivity contribution in [3.8, 4) is 17.1 Å². The Labute approximate surface area is 163 Å². The van der Waals surface area contributed by atoms with Gasteiger partial charge in [0, 0.05) is 30.5 Å². The normalized spacial score (nSPS) is 15.7. The summed E-state index contributed by atoms with van der Waals surface area (Å²) in [6, 6.07) is 7.79. The van der Waals surface area contributed by atoms with Crippen molar-refractivity contribution < 1.29 is 14.9 Å². The number of rotatable bonds is 5. The number of anilines is 1. The van der Waals surface area contributed by atoms with Crippen LogP contribution in [0.25, 0.3) is 22.3 Å². The lowest BCUT2D eigenvalue weighted by Crippen LogP contribution is -2.38. The molecule has 148 valence electrons. The van der Waals surface area contributed by atoms with Gasteiger partial charge in [-0.25, -0.2) is 9.97 Å². The van der Waals surface area contributed by atoms with Gasteiger partial charge in [-0.3, -0.25) is 5.10 Å². The molecule has 3 aromatic rings. The summed E-state index contributed by atoms with van der Waals surface area (Å²) in [7, 11) is 0. The predicted octanol–water partition coefficient (Wildman–Crippen LogP) is 2.33. The molecule has 28 heavy (non-hydrogen) atoms. The fourth-order valence-electron chi connectivity index (χ4n) is 3.61. The topological polar surface area (TPSA) is 107 Å². The molecule has 3 N–H and O–H groups in total. The zero-order chi connectivity index (χ0) is 19.7. The summed E-state index contributed by atoms with van der Waals surface area (Å²) in [4.78, 5) is 11.0. The molecule has 0 atom stereocenters. The summed E-state index contributed by atoms with van der Waals surface area (Å²) in [5.41, 5.74) is 2.42. The van der Waals surface area contributed by atoms with Gasteiger partial charge in [-0.15, -0.1) is 0 Å². The number of aromatic nitrogens is 4. The van der Waals surface area contributed by atoms with E-state index in [0.29, 0.717) is 0 Å². The van der Waals surface area contributed by atoms with E-state index in [1.165, 1.54) is 0 Å². The first-order chi connectivity index (χ1) is 13.5. The van der Waals surface area contributed by atoms with Crippen LogP contribution in [0.4, 0.5) is 5.82 Å². The lowest BCUT2D eigenvalue weighted by atomic mass is 9.96. The van der Waals surface area contributed by atoms with Crippen molar-refractivity contribution in [3.05, 3.63) is 30.6 Å². The Morgan fingerprint density at radius 3 is 2.64 bits per heavy atom. The van der Waals surface area contributed by atoms with Gasteiger partial charge >= 0.3 is 0 Å². The molecule has 1 saturated heterocycles. The van der Waals surface area contributed by atoms with Gasteiger partial charge in [0.15, 0.2) is 6.29 Å². The summed E-state index contributed by atoms with van der Waals surface area (Å²) in [5, 5.41) is 27.2. The van der Waals surface area contributed by atoms with Gasteiger partial charge in [0.25, 0.3) is 0 Å². The van der Waals surface area contributed by atoms with E-state index >= 15 is 0 Å². The van der Waals surface area contributed by atoms with Gasteiger partial charge in [-0.2, -0.15) is 5.10 Å². The third-order valence-electron chi connectivity index (χ3n) is 5.09. The minimum absolute atomic E-state index is 0.0766. The second-order valence-electron chi connectivity index (χ2n) is 7.45. The first kappa shape index (κ1) is 18.6. The van der Waals surface area contributed by atoms with Crippen molar-refractivity contribution in [2.24, 2.45) is 5.92 Å². The highest BCUT2D eigenvalue weighted by Gasteiger charge is 2.25. The number of fused-ring (bicyclic) bond motifs is 1. The molecule has 0 saturated carbocycles. The molecule has 1 fully saturated rings. The summed E-state index contributed by atoms with van der Waals surface area (Å²) >= 11 is 0. The lowest BCUT2D eigenvalue weighted by molar-refractivity contribution is -0.0893. The number of aliphatic hydroxyl groups excluding tert-OH is 1. The fraction of sp³-hybridized carbons (Fsp3) is 0.450. The molecular formula is C20H25N5O3. The fourth-order valence-corrected chi connectivity index (χ4v) is 3.61. The van der Waals surface area contributed by atoms with Gasteiger partial charge in [0.2, 0.25) is 0 Å². The van der Waals surface area contributed by atoms with Crippen molar-refractivity contribution >= 4 is 16.7 Å². The van der Waals surface area contributed by atoms with Crippen LogP contribution in [0.3, 0.4) is 0 Å². The lowest BCUT2D eigenvalue weighted by Gasteiger charge is -2.33. The number of aromatic amines is 1. The standard InChI is InChI=1S/C20H25N5O3/c1-12(2)28-14-3-4-16-15(9-14)19(24-23-16)17-10-18(22-11-21-17)25-7-5-13(6-8-25)20(26)27/h3-4,9-13,20,26-27H,5-8H2,1-2H3,(H,23,24). The smallest absolute Gasteiger partial charge is 0.154 e. The van der Waals surface area contributed by atoms with Gasteiger partial charge in [0.05, 0.1) is 17.3 Å². The van der Waals surface area contributed by atoms with E-state index in [2.05, 4.69) is 25.1 Å². The Bertz CT molecular complexity index is 948. The SMILES string of the molecule is CC(C)Oc1ccc2[nH]nc(-c3cc(N4CCC(C(O)O)CC4)ncn3)c2c1. The van der Waals surface area contributed by atoms with Gasteiger partial charge in [-0.05, 0) is 44.9 Å². The molecule has 0 spiro atoms. The van der Waals surface area contributed by atoms with Gasteiger partial charge in [-0.1, -0.05) is 0 Å². The van der Waals surface area contributed by atoms with Crippen molar-refractivity contribution in [2.45, 2.75) is 39.1 Å². The van der Waals surface area contributed by atoms with Crippen LogP contribution in [-0.2, 0) is 0 Å². The Morgan fingerprint density at radius 1 is 1.14 bits per heavy atom. The van der Waals surface area contributed by atoms with Crippen LogP contribution < -0.4 is 9.64 Å². The minimum atomic E-state index is -1.25. The molecule has 0 radical (unpaired) electrons. The number of aliphatic hydroxyl groups is 2. The van der Waals surface area contributed by atoms with Crippen molar-refractivity contribution in [2.75, 3.05) is 18.0 Å². The van der Waals surface area contributed by atoms with Crippen LogP contribution in [0.5, 0.6) is 5.75 Å². The van der Waals surface area contributed by atoms with E-state index in [0.717, 1.165) is 59.8 Å². The van der Waals surface area contributed by atoms with Crippen LogP contribution in [0.15, 0.2) is 30.6 Å². The summed E-state index contributed by atoms with van der Waals surface area (Å²) in [5.74, 6) is 1.54. The van der Waals surface area contributed by atoms with Crippen molar-refractivity contribution in [1.82, 2.24) is 20.2 Å².